The minimum absolute atomic E-state index is 1.22. The first kappa shape index (κ1) is 93.0. The largest absolute Gasteiger partial charge is 0.0874 e. The Hall–Kier alpha value is -9.36. The lowest BCUT2D eigenvalue weighted by Gasteiger charge is -1.90. The van der Waals surface area contributed by atoms with Crippen LogP contribution in [0.25, 0.3) is 0 Å². The average molecular weight is 1280 g/mol. The SMILES string of the molecule is C/C=C/C(C)=C/C=C/C(C)=C/C=C/C=C(C)/C=C/C=C(C)/C=C/C.C/C=C/C(C)=C/C=C/C(C)=C/C=C\C=C(C)\C=C\C=C(C)\C=C\C.C/C=C/C(C)=C/C=C/C(C)=C\C=C\C=C(C)\C=C\C=C(C)\C=C\C.C/C=C/C(C)=C\C=C\C(C)=C\C=C\C=C(C)\C=C\C=C(C)\C=C\C. The van der Waals surface area contributed by atoms with Gasteiger partial charge in [0, 0.05) is 0 Å². The smallest absolute Gasteiger partial charge is 0.0398 e. The molecule has 0 heterocycles. The second-order valence-corrected chi connectivity index (χ2v) is 23.0. The van der Waals surface area contributed by atoms with E-state index in [4.69, 9.17) is 0 Å². The lowest BCUT2D eigenvalue weighted by Crippen LogP contribution is -1.69. The number of hydrogen-bond acceptors (Lipinski definition) is 0. The van der Waals surface area contributed by atoms with E-state index in [1.807, 2.05) is 104 Å². The van der Waals surface area contributed by atoms with Gasteiger partial charge in [-0.15, -0.1) is 0 Å². The van der Waals surface area contributed by atoms with Crippen LogP contribution in [-0.2, 0) is 0 Å². The molecule has 0 aliphatic rings. The third-order valence-corrected chi connectivity index (χ3v) is 12.5. The fourth-order valence-electron chi connectivity index (χ4n) is 7.46. The van der Waals surface area contributed by atoms with Gasteiger partial charge in [0.25, 0.3) is 0 Å². The molecule has 0 spiro atoms. The van der Waals surface area contributed by atoms with Crippen LogP contribution in [0.4, 0.5) is 0 Å². The molecule has 0 saturated carbocycles. The molecule has 0 amide bonds. The molecule has 0 aromatic heterocycles. The summed E-state index contributed by atoms with van der Waals surface area (Å²) in [6.07, 6.45) is 117. The van der Waals surface area contributed by atoms with Gasteiger partial charge in [0.2, 0.25) is 0 Å². The summed E-state index contributed by atoms with van der Waals surface area (Å²) in [6.45, 7) is 49.8. The van der Waals surface area contributed by atoms with Crippen LogP contribution in [0.15, 0.2) is 429 Å². The molecule has 0 atom stereocenters. The highest BCUT2D eigenvalue weighted by Crippen LogP contribution is 2.08. The monoisotopic (exact) mass is 1280 g/mol. The molecule has 96 heavy (non-hydrogen) atoms. The van der Waals surface area contributed by atoms with Crippen LogP contribution in [0.5, 0.6) is 0 Å². The molecule has 0 rings (SSSR count). The Bertz CT molecular complexity index is 2720. The van der Waals surface area contributed by atoms with Gasteiger partial charge < -0.3 is 0 Å². The molecule has 0 nitrogen and oxygen atoms in total. The number of rotatable bonds is 32. The van der Waals surface area contributed by atoms with Gasteiger partial charge in [0.1, 0.15) is 0 Å². The summed E-state index contributed by atoms with van der Waals surface area (Å²) in [5, 5.41) is 0. The van der Waals surface area contributed by atoms with E-state index in [0.29, 0.717) is 0 Å². The van der Waals surface area contributed by atoms with E-state index in [9.17, 15) is 0 Å². The van der Waals surface area contributed by atoms with Gasteiger partial charge in [0.15, 0.2) is 0 Å². The van der Waals surface area contributed by atoms with Gasteiger partial charge in [-0.2, -0.15) is 0 Å². The van der Waals surface area contributed by atoms with Crippen molar-refractivity contribution in [2.24, 2.45) is 0 Å². The Morgan fingerprint density at radius 1 is 0.104 bits per heavy atom. The molecule has 0 fully saturated rings. The van der Waals surface area contributed by atoms with Gasteiger partial charge in [-0.25, -0.2) is 0 Å². The maximum Gasteiger partial charge on any atom is -0.0398 e. The molecule has 0 saturated heterocycles. The molecular weight excluding hydrogens is 1150 g/mol. The van der Waals surface area contributed by atoms with Crippen LogP contribution in [-0.4, -0.2) is 0 Å². The van der Waals surface area contributed by atoms with Crippen molar-refractivity contribution >= 4 is 0 Å². The molecule has 0 radical (unpaired) electrons. The predicted molar refractivity (Wildman–Crippen MR) is 448 cm³/mol. The van der Waals surface area contributed by atoms with Crippen LogP contribution >= 0.6 is 0 Å². The minimum atomic E-state index is 1.22. The van der Waals surface area contributed by atoms with Crippen molar-refractivity contribution in [2.75, 3.05) is 0 Å². The molecular formula is C96H128. The van der Waals surface area contributed by atoms with E-state index >= 15 is 0 Å². The summed E-state index contributed by atoms with van der Waals surface area (Å²) in [4.78, 5) is 0. The first-order valence-electron chi connectivity index (χ1n) is 33.9. The fraction of sp³-hybridized carbons (Fsp3) is 0.250. The topological polar surface area (TPSA) is 0 Å². The van der Waals surface area contributed by atoms with Crippen LogP contribution in [0.2, 0.25) is 0 Å². The average Bonchev–Trinajstić information content (AvgIpc) is 3.76. The van der Waals surface area contributed by atoms with E-state index < -0.39 is 0 Å². The lowest BCUT2D eigenvalue weighted by atomic mass is 10.2. The molecule has 0 aromatic carbocycles. The zero-order chi connectivity index (χ0) is 72.8. The predicted octanol–water partition coefficient (Wildman–Crippen LogP) is 30.4. The van der Waals surface area contributed by atoms with E-state index in [2.05, 4.69) is 402 Å². The molecule has 0 aromatic rings. The molecule has 0 bridgehead atoms. The van der Waals surface area contributed by atoms with Gasteiger partial charge in [-0.05, 0) is 166 Å². The highest BCUT2D eigenvalue weighted by atomic mass is 13.9. The molecule has 0 unspecified atom stereocenters. The highest BCUT2D eigenvalue weighted by Gasteiger charge is 1.87. The van der Waals surface area contributed by atoms with Crippen molar-refractivity contribution in [3.63, 3.8) is 0 Å². The summed E-state index contributed by atoms with van der Waals surface area (Å²) < 4.78 is 0. The van der Waals surface area contributed by atoms with Crippen LogP contribution in [0.1, 0.15) is 166 Å². The van der Waals surface area contributed by atoms with Crippen molar-refractivity contribution in [1.29, 1.82) is 0 Å². The van der Waals surface area contributed by atoms with Crippen molar-refractivity contribution < 1.29 is 0 Å². The normalized spacial score (nSPS) is 16.1. The van der Waals surface area contributed by atoms with Gasteiger partial charge in [-0.3, -0.25) is 0 Å². The van der Waals surface area contributed by atoms with Crippen molar-refractivity contribution in [1.82, 2.24) is 0 Å². The van der Waals surface area contributed by atoms with E-state index in [0.717, 1.165) is 0 Å². The standard InChI is InChI=1S/4C24H32/c4*1-7-13-21(3)17-11-19-23(5)15-9-10-16-24(6)20-12-18-22(4)14-8-2/h4*7-20H,1-6H3/b10-9+,13-7+,14-8+,19-11+,20-12+,21-17+,22-18+,23-15+,24-16+;10-9+,13-7+,14-8+,19-11+,20-12+,21-17+,22-18+,23-15-,24-16+;10-9+,13-7+,14-8+,19-11+,20-12+,21-17-,22-18+,23-15+,24-16+;10-9-,13-7+,14-8+,19-11+,20-12+,21-17+,22-18+,23-15+,24-16+. The Kier molecular flexibility index (Phi) is 66.4. The van der Waals surface area contributed by atoms with Gasteiger partial charge in [-0.1, -0.05) is 429 Å². The van der Waals surface area contributed by atoms with Crippen LogP contribution < -0.4 is 0 Å². The fourth-order valence-corrected chi connectivity index (χ4v) is 7.46. The third-order valence-electron chi connectivity index (χ3n) is 12.5. The number of hydrogen-bond donors (Lipinski definition) is 0. The van der Waals surface area contributed by atoms with Crippen molar-refractivity contribution in [3.8, 4) is 0 Å². The molecule has 512 valence electrons. The summed E-state index contributed by atoms with van der Waals surface area (Å²) in [5.41, 5.74) is 19.8. The summed E-state index contributed by atoms with van der Waals surface area (Å²) in [6, 6.07) is 0. The minimum Gasteiger partial charge on any atom is -0.0874 e. The van der Waals surface area contributed by atoms with E-state index in [1.165, 1.54) is 89.2 Å². The molecule has 0 aliphatic carbocycles. The molecule has 0 aliphatic heterocycles. The van der Waals surface area contributed by atoms with E-state index in [-0.39, 0.29) is 0 Å². The maximum absolute atomic E-state index is 2.11. The quantitative estimate of drug-likeness (QED) is 0.0589. The summed E-state index contributed by atoms with van der Waals surface area (Å²) >= 11 is 0. The van der Waals surface area contributed by atoms with Crippen molar-refractivity contribution in [3.05, 3.63) is 429 Å². The maximum atomic E-state index is 2.11. The third kappa shape index (κ3) is 72.1. The second kappa shape index (κ2) is 68.5. The Labute approximate surface area is 592 Å². The zero-order valence-electron chi connectivity index (χ0n) is 64.3. The molecule has 0 heteroatoms. The van der Waals surface area contributed by atoms with Crippen molar-refractivity contribution in [2.45, 2.75) is 166 Å². The van der Waals surface area contributed by atoms with E-state index in [1.54, 1.807) is 0 Å². The molecule has 0 N–H and O–H groups in total. The first-order valence-corrected chi connectivity index (χ1v) is 33.9. The summed E-state index contributed by atoms with van der Waals surface area (Å²) in [5.74, 6) is 0. The lowest BCUT2D eigenvalue weighted by molar-refractivity contribution is 1.48. The first-order chi connectivity index (χ1) is 46.0. The van der Waals surface area contributed by atoms with Gasteiger partial charge >= 0.3 is 0 Å². The second-order valence-electron chi connectivity index (χ2n) is 23.0. The van der Waals surface area contributed by atoms with Gasteiger partial charge in [0.05, 0.1) is 0 Å². The number of allylic oxidation sites excluding steroid dienone is 72. The Morgan fingerprint density at radius 2 is 0.177 bits per heavy atom. The van der Waals surface area contributed by atoms with Crippen LogP contribution in [0.3, 0.4) is 0 Å². The van der Waals surface area contributed by atoms with Crippen LogP contribution in [0, 0.1) is 0 Å². The highest BCUT2D eigenvalue weighted by molar-refractivity contribution is 5.37. The Morgan fingerprint density at radius 3 is 0.260 bits per heavy atom. The summed E-state index contributed by atoms with van der Waals surface area (Å²) in [7, 11) is 0. The Balaban J connectivity index is -0.000000588. The zero-order valence-corrected chi connectivity index (χ0v) is 64.3.